The van der Waals surface area contributed by atoms with E-state index in [4.69, 9.17) is 22.8 Å². The second-order valence-electron chi connectivity index (χ2n) is 5.11. The van der Waals surface area contributed by atoms with Crippen LogP contribution in [0.3, 0.4) is 0 Å². The van der Waals surface area contributed by atoms with Gasteiger partial charge in [0, 0.05) is 0 Å². The first-order valence-electron chi connectivity index (χ1n) is 7.55. The van der Waals surface area contributed by atoms with Gasteiger partial charge in [0.25, 0.3) is 11.8 Å². The Bertz CT molecular complexity index is 814. The molecule has 1 unspecified atom stereocenters. The number of para-hydroxylation sites is 2. The highest BCUT2D eigenvalue weighted by molar-refractivity contribution is 6.32. The van der Waals surface area contributed by atoms with E-state index in [1.54, 1.807) is 55.5 Å². The van der Waals surface area contributed by atoms with Gasteiger partial charge in [0.05, 0.1) is 22.8 Å². The maximum absolute atomic E-state index is 12.4. The molecule has 2 rings (SSSR count). The molecule has 25 heavy (non-hydrogen) atoms. The van der Waals surface area contributed by atoms with E-state index in [1.165, 1.54) is 0 Å². The Balaban J connectivity index is 2.09. The molecule has 0 spiro atoms. The maximum Gasteiger partial charge on any atom is 0.265 e. The first-order chi connectivity index (χ1) is 12.0. The maximum atomic E-state index is 12.4. The lowest BCUT2D eigenvalue weighted by molar-refractivity contribution is -0.122. The van der Waals surface area contributed by atoms with Gasteiger partial charge in [0.2, 0.25) is 0 Å². The number of carbonyl (C=O) groups is 2. The molecule has 0 aromatic heterocycles. The monoisotopic (exact) mass is 356 g/mol. The van der Waals surface area contributed by atoms with E-state index in [1.807, 2.05) is 0 Å². The van der Waals surface area contributed by atoms with E-state index in [0.717, 1.165) is 0 Å². The molecule has 2 aromatic rings. The summed E-state index contributed by atoms with van der Waals surface area (Å²) in [4.78, 5) is 24.5. The number of carbonyl (C=O) groups excluding carboxylic acids is 2. The van der Waals surface area contributed by atoms with Crippen molar-refractivity contribution in [3.63, 3.8) is 0 Å². The molecule has 128 valence electrons. The Labute approximate surface area is 151 Å². The molecule has 0 radical (unpaired) electrons. The predicted octanol–water partition coefficient (Wildman–Crippen LogP) is 3.11. The molecule has 0 aliphatic carbocycles. The van der Waals surface area contributed by atoms with Crippen LogP contribution in [0.4, 0.5) is 5.69 Å². The lowest BCUT2D eigenvalue weighted by Crippen LogP contribution is -2.32. The molecular formula is C19H17ClN2O3. The second kappa shape index (κ2) is 8.76. The van der Waals surface area contributed by atoms with Crippen LogP contribution in [0.1, 0.15) is 17.3 Å². The van der Waals surface area contributed by atoms with E-state index < -0.39 is 12.0 Å². The first kappa shape index (κ1) is 18.4. The summed E-state index contributed by atoms with van der Waals surface area (Å²) in [7, 11) is 0. The van der Waals surface area contributed by atoms with Crippen molar-refractivity contribution < 1.29 is 14.3 Å². The number of terminal acetylenes is 1. The molecule has 1 atom stereocenters. The van der Waals surface area contributed by atoms with Gasteiger partial charge in [-0.1, -0.05) is 41.8 Å². The molecule has 2 aromatic carbocycles. The highest BCUT2D eigenvalue weighted by Crippen LogP contribution is 2.24. The quantitative estimate of drug-likeness (QED) is 0.781. The third-order valence-corrected chi connectivity index (χ3v) is 3.60. The predicted molar refractivity (Wildman–Crippen MR) is 97.8 cm³/mol. The van der Waals surface area contributed by atoms with Crippen molar-refractivity contribution in [2.45, 2.75) is 13.0 Å². The van der Waals surface area contributed by atoms with Crippen molar-refractivity contribution in [2.75, 3.05) is 11.9 Å². The minimum absolute atomic E-state index is 0.104. The molecule has 0 aliphatic rings. The molecule has 2 amide bonds. The number of hydrogen-bond acceptors (Lipinski definition) is 3. The summed E-state index contributed by atoms with van der Waals surface area (Å²) >= 11 is 6.02. The zero-order chi connectivity index (χ0) is 18.2. The average Bonchev–Trinajstić information content (AvgIpc) is 2.62. The topological polar surface area (TPSA) is 67.4 Å². The van der Waals surface area contributed by atoms with Gasteiger partial charge in [-0.05, 0) is 31.2 Å². The fourth-order valence-electron chi connectivity index (χ4n) is 2.04. The van der Waals surface area contributed by atoms with Gasteiger partial charge in [-0.3, -0.25) is 9.59 Å². The van der Waals surface area contributed by atoms with Gasteiger partial charge in [-0.25, -0.2) is 0 Å². The molecule has 0 fully saturated rings. The van der Waals surface area contributed by atoms with Crippen LogP contribution in [0.25, 0.3) is 0 Å². The van der Waals surface area contributed by atoms with Gasteiger partial charge in [-0.15, -0.1) is 6.42 Å². The van der Waals surface area contributed by atoms with Crippen LogP contribution >= 0.6 is 11.6 Å². The third-order valence-electron chi connectivity index (χ3n) is 3.29. The van der Waals surface area contributed by atoms with Crippen molar-refractivity contribution >= 4 is 29.1 Å². The van der Waals surface area contributed by atoms with Crippen molar-refractivity contribution in [3.05, 3.63) is 59.1 Å². The van der Waals surface area contributed by atoms with Crippen LogP contribution in [0.2, 0.25) is 5.02 Å². The number of halogens is 1. The summed E-state index contributed by atoms with van der Waals surface area (Å²) in [6.45, 7) is 1.70. The van der Waals surface area contributed by atoms with E-state index in [2.05, 4.69) is 16.6 Å². The summed E-state index contributed by atoms with van der Waals surface area (Å²) in [6.07, 6.45) is 4.33. The molecule has 6 heteroatoms. The Morgan fingerprint density at radius 3 is 2.60 bits per heavy atom. The third kappa shape index (κ3) is 5.00. The zero-order valence-corrected chi connectivity index (χ0v) is 14.3. The van der Waals surface area contributed by atoms with Crippen LogP contribution in [-0.4, -0.2) is 24.5 Å². The lowest BCUT2D eigenvalue weighted by atomic mass is 10.1. The lowest BCUT2D eigenvalue weighted by Gasteiger charge is -2.17. The van der Waals surface area contributed by atoms with E-state index in [0.29, 0.717) is 22.0 Å². The molecule has 5 nitrogen and oxygen atoms in total. The normalized spacial score (nSPS) is 11.1. The van der Waals surface area contributed by atoms with Crippen molar-refractivity contribution in [2.24, 2.45) is 0 Å². The molecule has 0 aliphatic heterocycles. The highest BCUT2D eigenvalue weighted by Gasteiger charge is 2.19. The van der Waals surface area contributed by atoms with Crippen LogP contribution in [0.5, 0.6) is 5.75 Å². The Kier molecular flexibility index (Phi) is 6.44. The van der Waals surface area contributed by atoms with Crippen LogP contribution in [-0.2, 0) is 4.79 Å². The van der Waals surface area contributed by atoms with E-state index in [9.17, 15) is 9.59 Å². The fraction of sp³-hybridized carbons (Fsp3) is 0.158. The first-order valence-corrected chi connectivity index (χ1v) is 7.93. The van der Waals surface area contributed by atoms with Gasteiger partial charge < -0.3 is 15.4 Å². The summed E-state index contributed by atoms with van der Waals surface area (Å²) in [5.41, 5.74) is 0.688. The number of amides is 2. The molecule has 0 heterocycles. The van der Waals surface area contributed by atoms with Crippen LogP contribution in [0.15, 0.2) is 48.5 Å². The van der Waals surface area contributed by atoms with Crippen molar-refractivity contribution in [1.82, 2.24) is 5.32 Å². The summed E-state index contributed by atoms with van der Waals surface area (Å²) in [5.74, 6) is 1.96. The minimum Gasteiger partial charge on any atom is -0.479 e. The average molecular weight is 357 g/mol. The number of benzene rings is 2. The number of rotatable bonds is 6. The number of ether oxygens (including phenoxy) is 1. The second-order valence-corrected chi connectivity index (χ2v) is 5.52. The van der Waals surface area contributed by atoms with Gasteiger partial charge in [-0.2, -0.15) is 0 Å². The Morgan fingerprint density at radius 1 is 1.20 bits per heavy atom. The van der Waals surface area contributed by atoms with E-state index in [-0.39, 0.29) is 12.5 Å². The van der Waals surface area contributed by atoms with Crippen LogP contribution < -0.4 is 15.4 Å². The SMILES string of the molecule is C#CCNC(=O)c1ccccc1NC(=O)C(C)Oc1ccccc1Cl. The van der Waals surface area contributed by atoms with Gasteiger partial charge in [0.1, 0.15) is 5.75 Å². The molecule has 0 saturated carbocycles. The van der Waals surface area contributed by atoms with E-state index >= 15 is 0 Å². The van der Waals surface area contributed by atoms with Crippen LogP contribution in [0, 0.1) is 12.3 Å². The summed E-state index contributed by atoms with van der Waals surface area (Å²) < 4.78 is 5.57. The largest absolute Gasteiger partial charge is 0.479 e. The van der Waals surface area contributed by atoms with Gasteiger partial charge in [0.15, 0.2) is 6.10 Å². The standard InChI is InChI=1S/C19H17ClN2O3/c1-3-12-21-19(24)14-8-4-6-10-16(14)22-18(23)13(2)25-17-11-7-5-9-15(17)20/h1,4-11,13H,12H2,2H3,(H,21,24)(H,22,23). The molecular weight excluding hydrogens is 340 g/mol. The summed E-state index contributed by atoms with van der Waals surface area (Å²) in [6, 6.07) is 13.5. The fourth-order valence-corrected chi connectivity index (χ4v) is 2.22. The molecule has 2 N–H and O–H groups in total. The van der Waals surface area contributed by atoms with Gasteiger partial charge >= 0.3 is 0 Å². The molecule has 0 saturated heterocycles. The Morgan fingerprint density at radius 2 is 1.88 bits per heavy atom. The highest BCUT2D eigenvalue weighted by atomic mass is 35.5. The summed E-state index contributed by atoms with van der Waals surface area (Å²) in [5, 5.41) is 5.66. The molecule has 0 bridgehead atoms. The van der Waals surface area contributed by atoms with Crippen molar-refractivity contribution in [1.29, 1.82) is 0 Å². The zero-order valence-electron chi connectivity index (χ0n) is 13.6. The van der Waals surface area contributed by atoms with Crippen molar-refractivity contribution in [3.8, 4) is 18.1 Å². The minimum atomic E-state index is -0.804. The Hall–Kier alpha value is -2.97. The number of hydrogen-bond donors (Lipinski definition) is 2. The smallest absolute Gasteiger partial charge is 0.265 e. The number of nitrogens with one attached hydrogen (secondary N) is 2. The number of anilines is 1.